The molecule has 0 fully saturated rings. The summed E-state index contributed by atoms with van der Waals surface area (Å²) in [5, 5.41) is 26.8. The average Bonchev–Trinajstić information content (AvgIpc) is 3.10. The Morgan fingerprint density at radius 3 is 2.30 bits per heavy atom. The first kappa shape index (κ1) is 21.6. The van der Waals surface area contributed by atoms with Crippen LogP contribution in [-0.2, 0) is 4.74 Å². The van der Waals surface area contributed by atoms with Gasteiger partial charge in [0.05, 0.1) is 33.3 Å². The number of nitro groups is 2. The molecule has 0 radical (unpaired) electrons. The molecule has 166 valence electrons. The molecule has 33 heavy (non-hydrogen) atoms. The second kappa shape index (κ2) is 8.50. The van der Waals surface area contributed by atoms with E-state index >= 15 is 0 Å². The van der Waals surface area contributed by atoms with E-state index in [9.17, 15) is 25.0 Å². The zero-order valence-electron chi connectivity index (χ0n) is 17.6. The third-order valence-electron chi connectivity index (χ3n) is 5.01. The Morgan fingerprint density at radius 1 is 0.939 bits per heavy atom. The summed E-state index contributed by atoms with van der Waals surface area (Å²) in [5.74, 6) is -0.461. The molecule has 0 bridgehead atoms. The summed E-state index contributed by atoms with van der Waals surface area (Å²) in [6, 6.07) is 15.8. The van der Waals surface area contributed by atoms with Crippen LogP contribution in [0.5, 0.6) is 0 Å². The van der Waals surface area contributed by atoms with E-state index in [1.165, 1.54) is 6.07 Å². The highest BCUT2D eigenvalue weighted by atomic mass is 16.6. The van der Waals surface area contributed by atoms with Crippen molar-refractivity contribution in [3.8, 4) is 11.1 Å². The Labute approximate surface area is 187 Å². The van der Waals surface area contributed by atoms with E-state index in [4.69, 9.17) is 4.74 Å². The molecule has 1 aliphatic carbocycles. The van der Waals surface area contributed by atoms with Crippen molar-refractivity contribution in [2.45, 2.75) is 20.0 Å². The van der Waals surface area contributed by atoms with Gasteiger partial charge in [-0.15, -0.1) is 0 Å². The van der Waals surface area contributed by atoms with Gasteiger partial charge < -0.3 is 4.74 Å². The van der Waals surface area contributed by atoms with Gasteiger partial charge in [0.15, 0.2) is 0 Å². The molecule has 0 saturated heterocycles. The number of hydrogen-bond acceptors (Lipinski definition) is 8. The fourth-order valence-electron chi connectivity index (χ4n) is 3.66. The van der Waals surface area contributed by atoms with Crippen molar-refractivity contribution in [2.24, 2.45) is 5.10 Å². The van der Waals surface area contributed by atoms with Gasteiger partial charge in [-0.1, -0.05) is 36.4 Å². The van der Waals surface area contributed by atoms with E-state index in [1.807, 2.05) is 24.3 Å². The van der Waals surface area contributed by atoms with Gasteiger partial charge in [0, 0.05) is 22.8 Å². The summed E-state index contributed by atoms with van der Waals surface area (Å²) >= 11 is 0. The molecule has 3 aromatic carbocycles. The summed E-state index contributed by atoms with van der Waals surface area (Å²) in [4.78, 5) is 33.7. The normalized spacial score (nSPS) is 12.9. The van der Waals surface area contributed by atoms with Gasteiger partial charge in [-0.25, -0.2) is 4.79 Å². The van der Waals surface area contributed by atoms with Crippen LogP contribution >= 0.6 is 0 Å². The minimum absolute atomic E-state index is 0.000553. The number of carbonyl (C=O) groups is 1. The third kappa shape index (κ3) is 4.01. The van der Waals surface area contributed by atoms with Crippen molar-refractivity contribution < 1.29 is 19.4 Å². The predicted octanol–water partition coefficient (Wildman–Crippen LogP) is 4.91. The zero-order valence-corrected chi connectivity index (χ0v) is 17.6. The molecule has 0 heterocycles. The molecule has 0 aromatic heterocycles. The lowest BCUT2D eigenvalue weighted by Gasteiger charge is -2.11. The Hall–Kier alpha value is -4.60. The van der Waals surface area contributed by atoms with Gasteiger partial charge in [0.25, 0.3) is 5.69 Å². The standard InChI is InChI=1S/C23H18N4O6/c1-13(2)33-23(28)18-9-5-8-17-21(18)15-6-3-4-7-16(15)22(17)25-24-19-11-10-14(26(29)30)12-20(19)27(31)32/h3-13,24H,1-2H3/b25-22-. The smallest absolute Gasteiger partial charge is 0.339 e. The van der Waals surface area contributed by atoms with Crippen LogP contribution in [-0.4, -0.2) is 27.6 Å². The van der Waals surface area contributed by atoms with Crippen LogP contribution in [0.4, 0.5) is 17.1 Å². The minimum Gasteiger partial charge on any atom is -0.459 e. The molecule has 0 unspecified atom stereocenters. The number of fused-ring (bicyclic) bond motifs is 3. The number of carbonyl (C=O) groups excluding carboxylic acids is 1. The molecule has 3 aromatic rings. The van der Waals surface area contributed by atoms with E-state index in [2.05, 4.69) is 10.5 Å². The number of hydrogen-bond donors (Lipinski definition) is 1. The molecular formula is C23H18N4O6. The number of anilines is 1. The van der Waals surface area contributed by atoms with Crippen molar-refractivity contribution in [1.29, 1.82) is 0 Å². The highest BCUT2D eigenvalue weighted by Gasteiger charge is 2.30. The van der Waals surface area contributed by atoms with E-state index in [-0.39, 0.29) is 11.8 Å². The quantitative estimate of drug-likeness (QED) is 0.252. The van der Waals surface area contributed by atoms with Gasteiger partial charge in [-0.05, 0) is 31.5 Å². The number of benzene rings is 3. The number of non-ortho nitro benzene ring substituents is 1. The fraction of sp³-hybridized carbons (Fsp3) is 0.130. The number of nitro benzene ring substituents is 2. The highest BCUT2D eigenvalue weighted by molar-refractivity contribution is 6.26. The van der Waals surface area contributed by atoms with E-state index < -0.39 is 27.2 Å². The van der Waals surface area contributed by atoms with Gasteiger partial charge in [0.2, 0.25) is 0 Å². The van der Waals surface area contributed by atoms with Crippen molar-refractivity contribution >= 4 is 28.7 Å². The second-order valence-corrected chi connectivity index (χ2v) is 7.52. The molecule has 0 amide bonds. The summed E-state index contributed by atoms with van der Waals surface area (Å²) < 4.78 is 5.39. The first-order valence-corrected chi connectivity index (χ1v) is 9.98. The summed E-state index contributed by atoms with van der Waals surface area (Å²) in [7, 11) is 0. The van der Waals surface area contributed by atoms with Crippen molar-refractivity contribution in [1.82, 2.24) is 0 Å². The lowest BCUT2D eigenvalue weighted by atomic mass is 9.99. The Morgan fingerprint density at radius 2 is 1.64 bits per heavy atom. The maximum Gasteiger partial charge on any atom is 0.339 e. The third-order valence-corrected chi connectivity index (χ3v) is 5.01. The summed E-state index contributed by atoms with van der Waals surface area (Å²) in [6.45, 7) is 3.53. The minimum atomic E-state index is -0.716. The van der Waals surface area contributed by atoms with Crippen LogP contribution in [0.2, 0.25) is 0 Å². The number of nitrogens with one attached hydrogen (secondary N) is 1. The average molecular weight is 446 g/mol. The lowest BCUT2D eigenvalue weighted by molar-refractivity contribution is -0.393. The van der Waals surface area contributed by atoms with Crippen molar-refractivity contribution in [2.75, 3.05) is 5.43 Å². The Bertz CT molecular complexity index is 1330. The van der Waals surface area contributed by atoms with Gasteiger partial charge in [0.1, 0.15) is 5.69 Å². The SMILES string of the molecule is CC(C)OC(=O)c1cccc2c1-c1ccccc1/C2=N/Nc1ccc([N+](=O)[O-])cc1[N+](=O)[O-]. The maximum atomic E-state index is 12.7. The molecule has 0 spiro atoms. The molecule has 10 heteroatoms. The maximum absolute atomic E-state index is 12.7. The first-order chi connectivity index (χ1) is 15.8. The lowest BCUT2D eigenvalue weighted by Crippen LogP contribution is -2.13. The Kier molecular flexibility index (Phi) is 5.57. The predicted molar refractivity (Wildman–Crippen MR) is 121 cm³/mol. The van der Waals surface area contributed by atoms with Gasteiger partial charge >= 0.3 is 11.7 Å². The number of nitrogens with zero attached hydrogens (tertiary/aromatic N) is 3. The number of ether oxygens (including phenoxy) is 1. The highest BCUT2D eigenvalue weighted by Crippen LogP contribution is 2.40. The van der Waals surface area contributed by atoms with Crippen molar-refractivity contribution in [3.05, 3.63) is 97.6 Å². The molecule has 0 aliphatic heterocycles. The second-order valence-electron chi connectivity index (χ2n) is 7.52. The monoisotopic (exact) mass is 446 g/mol. The van der Waals surface area contributed by atoms with E-state index in [0.717, 1.165) is 23.3 Å². The molecule has 4 rings (SSSR count). The molecule has 1 aliphatic rings. The van der Waals surface area contributed by atoms with Crippen LogP contribution in [0.25, 0.3) is 11.1 Å². The fourth-order valence-corrected chi connectivity index (χ4v) is 3.66. The number of rotatable bonds is 6. The first-order valence-electron chi connectivity index (χ1n) is 9.98. The molecule has 1 N–H and O–H groups in total. The van der Waals surface area contributed by atoms with Crippen LogP contribution in [0.1, 0.15) is 35.3 Å². The summed E-state index contributed by atoms with van der Waals surface area (Å²) in [6.07, 6.45) is -0.289. The zero-order chi connectivity index (χ0) is 23.7. The molecular weight excluding hydrogens is 428 g/mol. The van der Waals surface area contributed by atoms with Gasteiger partial charge in [-0.3, -0.25) is 25.7 Å². The van der Waals surface area contributed by atoms with Crippen molar-refractivity contribution in [3.63, 3.8) is 0 Å². The number of hydrazone groups is 1. The largest absolute Gasteiger partial charge is 0.459 e. The topological polar surface area (TPSA) is 137 Å². The molecule has 0 atom stereocenters. The Balaban J connectivity index is 1.81. The molecule has 0 saturated carbocycles. The van der Waals surface area contributed by atoms with E-state index in [1.54, 1.807) is 32.0 Å². The van der Waals surface area contributed by atoms with Crippen LogP contribution in [0.3, 0.4) is 0 Å². The van der Waals surface area contributed by atoms with Crippen LogP contribution in [0, 0.1) is 20.2 Å². The van der Waals surface area contributed by atoms with Crippen LogP contribution < -0.4 is 5.43 Å². The van der Waals surface area contributed by atoms with Crippen LogP contribution in [0.15, 0.2) is 65.8 Å². The summed E-state index contributed by atoms with van der Waals surface area (Å²) in [5.41, 5.74) is 5.50. The van der Waals surface area contributed by atoms with E-state index in [0.29, 0.717) is 22.4 Å². The molecule has 10 nitrogen and oxygen atoms in total. The van der Waals surface area contributed by atoms with Gasteiger partial charge in [-0.2, -0.15) is 5.10 Å². The number of esters is 1.